The standard InChI is InChI=1S/C12H12N4O2S2/c13-8-1-2-11-10(3-8)12(6-15-11)20(17,18)16-5-9-4-14-7-19-9/h1-4,6-7,15-16H,5,13H2. The minimum atomic E-state index is -3.59. The molecule has 0 spiro atoms. The molecule has 0 radical (unpaired) electrons. The minimum absolute atomic E-state index is 0.198. The van der Waals surface area contributed by atoms with Gasteiger partial charge in [0.2, 0.25) is 10.0 Å². The molecule has 0 saturated carbocycles. The zero-order valence-corrected chi connectivity index (χ0v) is 12.0. The molecule has 0 bridgehead atoms. The third-order valence-corrected chi connectivity index (χ3v) is 5.10. The van der Waals surface area contributed by atoms with Crippen LogP contribution in [-0.4, -0.2) is 18.4 Å². The molecule has 0 fully saturated rings. The highest BCUT2D eigenvalue weighted by Gasteiger charge is 2.19. The summed E-state index contributed by atoms with van der Waals surface area (Å²) in [6.45, 7) is 0.224. The second-order valence-corrected chi connectivity index (χ2v) is 6.96. The van der Waals surface area contributed by atoms with Crippen LogP contribution in [0.4, 0.5) is 5.69 Å². The molecule has 0 amide bonds. The molecule has 0 aliphatic carbocycles. The first-order valence-electron chi connectivity index (χ1n) is 5.80. The number of sulfonamides is 1. The van der Waals surface area contributed by atoms with Crippen molar-refractivity contribution in [1.82, 2.24) is 14.7 Å². The topological polar surface area (TPSA) is 101 Å². The van der Waals surface area contributed by atoms with Crippen molar-refractivity contribution in [2.24, 2.45) is 0 Å². The summed E-state index contributed by atoms with van der Waals surface area (Å²) in [4.78, 5) is 7.89. The first-order chi connectivity index (χ1) is 9.56. The van der Waals surface area contributed by atoms with E-state index in [1.165, 1.54) is 17.5 Å². The van der Waals surface area contributed by atoms with Crippen molar-refractivity contribution in [2.75, 3.05) is 5.73 Å². The summed E-state index contributed by atoms with van der Waals surface area (Å²) in [7, 11) is -3.59. The molecule has 0 atom stereocenters. The van der Waals surface area contributed by atoms with Crippen molar-refractivity contribution in [3.05, 3.63) is 41.0 Å². The van der Waals surface area contributed by atoms with E-state index in [0.29, 0.717) is 11.1 Å². The van der Waals surface area contributed by atoms with Crippen molar-refractivity contribution in [1.29, 1.82) is 0 Å². The Labute approximate surface area is 119 Å². The number of nitrogens with one attached hydrogen (secondary N) is 2. The van der Waals surface area contributed by atoms with Crippen LogP contribution in [-0.2, 0) is 16.6 Å². The summed E-state index contributed by atoms with van der Waals surface area (Å²) in [6.07, 6.45) is 3.11. The van der Waals surface area contributed by atoms with Gasteiger partial charge in [-0.3, -0.25) is 4.98 Å². The maximum absolute atomic E-state index is 12.3. The number of H-pyrrole nitrogens is 1. The van der Waals surface area contributed by atoms with E-state index in [1.54, 1.807) is 29.9 Å². The van der Waals surface area contributed by atoms with Crippen molar-refractivity contribution >= 4 is 38.0 Å². The fraction of sp³-hybridized carbons (Fsp3) is 0.0833. The van der Waals surface area contributed by atoms with E-state index in [9.17, 15) is 8.42 Å². The third kappa shape index (κ3) is 2.40. The van der Waals surface area contributed by atoms with Gasteiger partial charge in [-0.1, -0.05) is 0 Å². The fourth-order valence-corrected chi connectivity index (χ4v) is 3.71. The van der Waals surface area contributed by atoms with Crippen molar-refractivity contribution in [3.63, 3.8) is 0 Å². The molecule has 4 N–H and O–H groups in total. The Morgan fingerprint density at radius 1 is 1.40 bits per heavy atom. The first kappa shape index (κ1) is 13.1. The lowest BCUT2D eigenvalue weighted by molar-refractivity contribution is 0.582. The Balaban J connectivity index is 1.94. The molecule has 0 aliphatic rings. The summed E-state index contributed by atoms with van der Waals surface area (Å²) in [5.41, 5.74) is 8.63. The fourth-order valence-electron chi connectivity index (χ4n) is 1.91. The van der Waals surface area contributed by atoms with E-state index in [-0.39, 0.29) is 11.4 Å². The van der Waals surface area contributed by atoms with Crippen LogP contribution < -0.4 is 10.5 Å². The monoisotopic (exact) mass is 308 g/mol. The molecular weight excluding hydrogens is 296 g/mol. The lowest BCUT2D eigenvalue weighted by Crippen LogP contribution is -2.22. The Bertz CT molecular complexity index is 838. The third-order valence-electron chi connectivity index (χ3n) is 2.88. The number of aromatic amines is 1. The quantitative estimate of drug-likeness (QED) is 0.638. The SMILES string of the molecule is Nc1ccc2[nH]cc(S(=O)(=O)NCc3cncs3)c2c1. The average Bonchev–Trinajstić information content (AvgIpc) is 3.05. The molecule has 6 nitrogen and oxygen atoms in total. The van der Waals surface area contributed by atoms with Gasteiger partial charge in [0.05, 0.1) is 5.51 Å². The Hall–Kier alpha value is -1.90. The number of anilines is 1. The van der Waals surface area contributed by atoms with Gasteiger partial charge in [0.25, 0.3) is 0 Å². The number of rotatable bonds is 4. The van der Waals surface area contributed by atoms with E-state index in [1.807, 2.05) is 0 Å². The van der Waals surface area contributed by atoms with Gasteiger partial charge in [-0.15, -0.1) is 11.3 Å². The molecule has 3 aromatic rings. The average molecular weight is 308 g/mol. The van der Waals surface area contributed by atoms with Crippen LogP contribution >= 0.6 is 11.3 Å². The van der Waals surface area contributed by atoms with Gasteiger partial charge < -0.3 is 10.7 Å². The molecule has 1 aromatic carbocycles. The second kappa shape index (κ2) is 4.89. The van der Waals surface area contributed by atoms with Crippen molar-refractivity contribution in [3.8, 4) is 0 Å². The van der Waals surface area contributed by atoms with Crippen LogP contribution in [0.15, 0.2) is 41.0 Å². The molecule has 2 aromatic heterocycles. The second-order valence-electron chi connectivity index (χ2n) is 4.25. The van der Waals surface area contributed by atoms with Crippen LogP contribution in [0, 0.1) is 0 Å². The molecule has 0 saturated heterocycles. The van der Waals surface area contributed by atoms with Gasteiger partial charge in [0.1, 0.15) is 4.90 Å². The minimum Gasteiger partial charge on any atom is -0.399 e. The van der Waals surface area contributed by atoms with Crippen LogP contribution in [0.5, 0.6) is 0 Å². The predicted octanol–water partition coefficient (Wildman–Crippen LogP) is 1.69. The zero-order valence-electron chi connectivity index (χ0n) is 10.3. The van der Waals surface area contributed by atoms with E-state index in [2.05, 4.69) is 14.7 Å². The Kier molecular flexibility index (Phi) is 3.20. The number of hydrogen-bond acceptors (Lipinski definition) is 5. The summed E-state index contributed by atoms with van der Waals surface area (Å²) in [5, 5.41) is 0.585. The number of aromatic nitrogens is 2. The van der Waals surface area contributed by atoms with Crippen LogP contribution in [0.3, 0.4) is 0 Å². The van der Waals surface area contributed by atoms with E-state index in [0.717, 1.165) is 10.4 Å². The molecule has 0 aliphatic heterocycles. The van der Waals surface area contributed by atoms with Gasteiger partial charge in [0, 0.05) is 40.4 Å². The number of hydrogen-bond donors (Lipinski definition) is 3. The molecule has 8 heteroatoms. The van der Waals surface area contributed by atoms with Crippen LogP contribution in [0.1, 0.15) is 4.88 Å². The molecule has 20 heavy (non-hydrogen) atoms. The summed E-state index contributed by atoms with van der Waals surface area (Å²) in [6, 6.07) is 5.12. The van der Waals surface area contributed by atoms with E-state index < -0.39 is 10.0 Å². The first-order valence-corrected chi connectivity index (χ1v) is 8.16. The van der Waals surface area contributed by atoms with Crippen LogP contribution in [0.2, 0.25) is 0 Å². The van der Waals surface area contributed by atoms with E-state index >= 15 is 0 Å². The molecular formula is C12H12N4O2S2. The number of nitrogens with two attached hydrogens (primary N) is 1. The van der Waals surface area contributed by atoms with Crippen LogP contribution in [0.25, 0.3) is 10.9 Å². The Morgan fingerprint density at radius 3 is 3.00 bits per heavy atom. The normalized spacial score (nSPS) is 12.0. The summed E-state index contributed by atoms with van der Waals surface area (Å²) >= 11 is 1.40. The van der Waals surface area contributed by atoms with Crippen molar-refractivity contribution in [2.45, 2.75) is 11.4 Å². The summed E-state index contributed by atoms with van der Waals surface area (Å²) in [5.74, 6) is 0. The van der Waals surface area contributed by atoms with E-state index in [4.69, 9.17) is 5.73 Å². The molecule has 2 heterocycles. The highest BCUT2D eigenvalue weighted by Crippen LogP contribution is 2.24. The zero-order chi connectivity index (χ0) is 14.2. The van der Waals surface area contributed by atoms with Gasteiger partial charge in [-0.05, 0) is 18.2 Å². The summed E-state index contributed by atoms with van der Waals surface area (Å²) < 4.78 is 27.2. The van der Waals surface area contributed by atoms with Crippen molar-refractivity contribution < 1.29 is 8.42 Å². The number of fused-ring (bicyclic) bond motifs is 1. The Morgan fingerprint density at radius 2 is 2.25 bits per heavy atom. The molecule has 3 rings (SSSR count). The maximum atomic E-state index is 12.3. The number of thiazole rings is 1. The van der Waals surface area contributed by atoms with Gasteiger partial charge in [0.15, 0.2) is 0 Å². The van der Waals surface area contributed by atoms with Gasteiger partial charge in [-0.2, -0.15) is 0 Å². The number of nitrogens with zero attached hydrogens (tertiary/aromatic N) is 1. The molecule has 0 unspecified atom stereocenters. The maximum Gasteiger partial charge on any atom is 0.243 e. The molecule has 104 valence electrons. The smallest absolute Gasteiger partial charge is 0.243 e. The number of benzene rings is 1. The highest BCUT2D eigenvalue weighted by molar-refractivity contribution is 7.89. The predicted molar refractivity (Wildman–Crippen MR) is 78.9 cm³/mol. The lowest BCUT2D eigenvalue weighted by Gasteiger charge is -2.04. The highest BCUT2D eigenvalue weighted by atomic mass is 32.2. The largest absolute Gasteiger partial charge is 0.399 e. The lowest BCUT2D eigenvalue weighted by atomic mass is 10.2. The van der Waals surface area contributed by atoms with Gasteiger partial charge >= 0.3 is 0 Å². The van der Waals surface area contributed by atoms with Gasteiger partial charge in [-0.25, -0.2) is 13.1 Å². The number of nitrogen functional groups attached to an aromatic ring is 1.